The Morgan fingerprint density at radius 2 is 1.75 bits per heavy atom. The number of pyridine rings is 1. The highest BCUT2D eigenvalue weighted by Crippen LogP contribution is 2.15. The molecule has 3 aromatic rings. The molecule has 5 heteroatoms. The molecule has 28 heavy (non-hydrogen) atoms. The molecule has 0 aliphatic carbocycles. The van der Waals surface area contributed by atoms with Gasteiger partial charge < -0.3 is 15.0 Å². The molecule has 0 aliphatic heterocycles. The fourth-order valence-corrected chi connectivity index (χ4v) is 2.67. The molecular formula is C23H25N3O2. The molecule has 0 aliphatic rings. The SMILES string of the molecule is CN(C)CCc1ccc(NC(=O)c2ccnc(OCc3ccccc3)c2)cc1. The van der Waals surface area contributed by atoms with Crippen molar-refractivity contribution in [3.8, 4) is 5.88 Å². The molecule has 1 heterocycles. The highest BCUT2D eigenvalue weighted by atomic mass is 16.5. The Morgan fingerprint density at radius 1 is 1.00 bits per heavy atom. The number of nitrogens with zero attached hydrogens (tertiary/aromatic N) is 2. The van der Waals surface area contributed by atoms with Crippen molar-refractivity contribution in [2.24, 2.45) is 0 Å². The summed E-state index contributed by atoms with van der Waals surface area (Å²) in [5.41, 5.74) is 3.57. The third-order valence-electron chi connectivity index (χ3n) is 4.29. The lowest BCUT2D eigenvalue weighted by Crippen LogP contribution is -2.15. The maximum absolute atomic E-state index is 12.5. The molecular weight excluding hydrogens is 350 g/mol. The summed E-state index contributed by atoms with van der Waals surface area (Å²) in [7, 11) is 4.11. The van der Waals surface area contributed by atoms with Gasteiger partial charge in [-0.3, -0.25) is 4.79 Å². The fraction of sp³-hybridized carbons (Fsp3) is 0.217. The monoisotopic (exact) mass is 375 g/mol. The van der Waals surface area contributed by atoms with Crippen molar-refractivity contribution in [3.05, 3.63) is 89.6 Å². The van der Waals surface area contributed by atoms with Gasteiger partial charge in [-0.25, -0.2) is 4.98 Å². The summed E-state index contributed by atoms with van der Waals surface area (Å²) >= 11 is 0. The van der Waals surface area contributed by atoms with Crippen LogP contribution in [-0.2, 0) is 13.0 Å². The second-order valence-electron chi connectivity index (χ2n) is 6.86. The summed E-state index contributed by atoms with van der Waals surface area (Å²) < 4.78 is 5.70. The lowest BCUT2D eigenvalue weighted by molar-refractivity contribution is 0.102. The number of ether oxygens (including phenoxy) is 1. The summed E-state index contributed by atoms with van der Waals surface area (Å²) in [5.74, 6) is 0.239. The van der Waals surface area contributed by atoms with Gasteiger partial charge in [0.25, 0.3) is 5.91 Å². The van der Waals surface area contributed by atoms with Gasteiger partial charge in [0.05, 0.1) is 0 Å². The Hall–Kier alpha value is -3.18. The number of benzene rings is 2. The topological polar surface area (TPSA) is 54.5 Å². The highest BCUT2D eigenvalue weighted by Gasteiger charge is 2.08. The highest BCUT2D eigenvalue weighted by molar-refractivity contribution is 6.04. The van der Waals surface area contributed by atoms with Crippen LogP contribution in [0.1, 0.15) is 21.5 Å². The smallest absolute Gasteiger partial charge is 0.255 e. The van der Waals surface area contributed by atoms with E-state index in [4.69, 9.17) is 4.74 Å². The third kappa shape index (κ3) is 5.93. The molecule has 2 aromatic carbocycles. The average Bonchev–Trinajstić information content (AvgIpc) is 2.72. The zero-order valence-corrected chi connectivity index (χ0v) is 16.3. The maximum atomic E-state index is 12.5. The standard InChI is InChI=1S/C23H25N3O2/c1-26(2)15-13-18-8-10-21(11-9-18)25-23(27)20-12-14-24-22(16-20)28-17-19-6-4-3-5-7-19/h3-12,14,16H,13,15,17H2,1-2H3,(H,25,27). The molecule has 0 bridgehead atoms. The number of carbonyl (C=O) groups excluding carboxylic acids is 1. The number of amides is 1. The van der Waals surface area contributed by atoms with E-state index >= 15 is 0 Å². The van der Waals surface area contributed by atoms with Crippen LogP contribution >= 0.6 is 0 Å². The number of carbonyl (C=O) groups is 1. The normalized spacial score (nSPS) is 10.7. The van der Waals surface area contributed by atoms with Crippen LogP contribution < -0.4 is 10.1 Å². The lowest BCUT2D eigenvalue weighted by Gasteiger charge is -2.10. The van der Waals surface area contributed by atoms with Gasteiger partial charge in [-0.05, 0) is 49.8 Å². The molecule has 1 aromatic heterocycles. The van der Waals surface area contributed by atoms with E-state index in [9.17, 15) is 4.79 Å². The van der Waals surface area contributed by atoms with Crippen molar-refractivity contribution in [3.63, 3.8) is 0 Å². The van der Waals surface area contributed by atoms with Gasteiger partial charge in [-0.15, -0.1) is 0 Å². The number of anilines is 1. The Kier molecular flexibility index (Phi) is 6.76. The van der Waals surface area contributed by atoms with E-state index in [1.807, 2.05) is 54.6 Å². The van der Waals surface area contributed by atoms with Crippen LogP contribution in [0.25, 0.3) is 0 Å². The molecule has 0 atom stereocenters. The molecule has 0 fully saturated rings. The van der Waals surface area contributed by atoms with Crippen LogP contribution in [0.2, 0.25) is 0 Å². The molecule has 144 valence electrons. The largest absolute Gasteiger partial charge is 0.473 e. The van der Waals surface area contributed by atoms with Crippen LogP contribution in [-0.4, -0.2) is 36.4 Å². The summed E-state index contributed by atoms with van der Waals surface area (Å²) in [4.78, 5) is 18.9. The van der Waals surface area contributed by atoms with Gasteiger partial charge in [0.15, 0.2) is 0 Å². The minimum absolute atomic E-state index is 0.187. The first kappa shape index (κ1) is 19.6. The van der Waals surface area contributed by atoms with Gasteiger partial charge in [0.2, 0.25) is 5.88 Å². The molecule has 1 N–H and O–H groups in total. The van der Waals surface area contributed by atoms with Gasteiger partial charge in [-0.1, -0.05) is 42.5 Å². The van der Waals surface area contributed by atoms with Crippen molar-refractivity contribution in [1.82, 2.24) is 9.88 Å². The van der Waals surface area contributed by atoms with E-state index in [0.717, 1.165) is 24.2 Å². The summed E-state index contributed by atoms with van der Waals surface area (Å²) in [6.07, 6.45) is 2.56. The molecule has 1 amide bonds. The van der Waals surface area contributed by atoms with E-state index in [1.54, 1.807) is 18.3 Å². The number of rotatable bonds is 8. The maximum Gasteiger partial charge on any atom is 0.255 e. The first-order valence-corrected chi connectivity index (χ1v) is 9.28. The van der Waals surface area contributed by atoms with Crippen LogP contribution in [0.15, 0.2) is 72.9 Å². The predicted octanol–water partition coefficient (Wildman–Crippen LogP) is 4.02. The van der Waals surface area contributed by atoms with E-state index < -0.39 is 0 Å². The number of hydrogen-bond donors (Lipinski definition) is 1. The Bertz CT molecular complexity index is 893. The Morgan fingerprint density at radius 3 is 2.46 bits per heavy atom. The van der Waals surface area contributed by atoms with Gasteiger partial charge in [-0.2, -0.15) is 0 Å². The van der Waals surface area contributed by atoms with E-state index in [-0.39, 0.29) is 5.91 Å². The molecule has 0 spiro atoms. The Balaban J connectivity index is 1.58. The fourth-order valence-electron chi connectivity index (χ4n) is 2.67. The predicted molar refractivity (Wildman–Crippen MR) is 112 cm³/mol. The lowest BCUT2D eigenvalue weighted by atomic mass is 10.1. The van der Waals surface area contributed by atoms with E-state index in [0.29, 0.717) is 18.1 Å². The number of likely N-dealkylation sites (N-methyl/N-ethyl adjacent to an activating group) is 1. The summed E-state index contributed by atoms with van der Waals surface area (Å²) in [6, 6.07) is 21.1. The molecule has 0 unspecified atom stereocenters. The number of aromatic nitrogens is 1. The van der Waals surface area contributed by atoms with E-state index in [2.05, 4.69) is 29.3 Å². The van der Waals surface area contributed by atoms with Gasteiger partial charge in [0.1, 0.15) is 6.61 Å². The number of hydrogen-bond acceptors (Lipinski definition) is 4. The van der Waals surface area contributed by atoms with Gasteiger partial charge >= 0.3 is 0 Å². The minimum atomic E-state index is -0.187. The minimum Gasteiger partial charge on any atom is -0.473 e. The van der Waals surface area contributed by atoms with Gasteiger partial charge in [0, 0.05) is 30.1 Å². The average molecular weight is 375 g/mol. The first-order valence-electron chi connectivity index (χ1n) is 9.28. The van der Waals surface area contributed by atoms with Crippen molar-refractivity contribution in [2.45, 2.75) is 13.0 Å². The van der Waals surface area contributed by atoms with Crippen LogP contribution in [0, 0.1) is 0 Å². The zero-order valence-electron chi connectivity index (χ0n) is 16.3. The molecule has 0 saturated heterocycles. The van der Waals surface area contributed by atoms with Crippen LogP contribution in [0.5, 0.6) is 5.88 Å². The molecule has 0 radical (unpaired) electrons. The Labute approximate surface area is 166 Å². The van der Waals surface area contributed by atoms with Crippen molar-refractivity contribution < 1.29 is 9.53 Å². The van der Waals surface area contributed by atoms with E-state index in [1.165, 1.54) is 5.56 Å². The van der Waals surface area contributed by atoms with Crippen LogP contribution in [0.3, 0.4) is 0 Å². The quantitative estimate of drug-likeness (QED) is 0.646. The summed E-state index contributed by atoms with van der Waals surface area (Å²) in [5, 5.41) is 2.92. The second-order valence-corrected chi connectivity index (χ2v) is 6.86. The molecule has 5 nitrogen and oxygen atoms in total. The second kappa shape index (κ2) is 9.67. The zero-order chi connectivity index (χ0) is 19.8. The molecule has 3 rings (SSSR count). The van der Waals surface area contributed by atoms with Crippen molar-refractivity contribution in [1.29, 1.82) is 0 Å². The molecule has 0 saturated carbocycles. The summed E-state index contributed by atoms with van der Waals surface area (Å²) in [6.45, 7) is 1.40. The van der Waals surface area contributed by atoms with Crippen molar-refractivity contribution in [2.75, 3.05) is 26.0 Å². The third-order valence-corrected chi connectivity index (χ3v) is 4.29. The first-order chi connectivity index (χ1) is 13.6. The van der Waals surface area contributed by atoms with Crippen molar-refractivity contribution >= 4 is 11.6 Å². The number of nitrogens with one attached hydrogen (secondary N) is 1. The van der Waals surface area contributed by atoms with Crippen LogP contribution in [0.4, 0.5) is 5.69 Å².